The minimum absolute atomic E-state index is 0.00840. The van der Waals surface area contributed by atoms with Gasteiger partial charge in [0.05, 0.1) is 6.61 Å². The number of rotatable bonds is 6. The summed E-state index contributed by atoms with van der Waals surface area (Å²) in [5.41, 5.74) is 1.57. The summed E-state index contributed by atoms with van der Waals surface area (Å²) in [6.45, 7) is 0.337. The van der Waals surface area contributed by atoms with E-state index in [9.17, 15) is 15.0 Å². The van der Waals surface area contributed by atoms with E-state index in [4.69, 9.17) is 4.74 Å². The van der Waals surface area contributed by atoms with Crippen molar-refractivity contribution < 1.29 is 19.7 Å². The van der Waals surface area contributed by atoms with Crippen LogP contribution < -0.4 is 0 Å². The van der Waals surface area contributed by atoms with Crippen molar-refractivity contribution in [3.63, 3.8) is 0 Å². The Morgan fingerprint density at radius 3 is 2.64 bits per heavy atom. The molecule has 0 spiro atoms. The van der Waals surface area contributed by atoms with Gasteiger partial charge in [-0.15, -0.1) is 0 Å². The van der Waals surface area contributed by atoms with Gasteiger partial charge in [-0.25, -0.2) is 4.79 Å². The minimum atomic E-state index is -0.476. The predicted molar refractivity (Wildman–Crippen MR) is 84.5 cm³/mol. The van der Waals surface area contributed by atoms with E-state index in [0.717, 1.165) is 12.8 Å². The number of hydrogen-bond donors (Lipinski definition) is 2. The summed E-state index contributed by atoms with van der Waals surface area (Å²) in [5, 5.41) is 18.9. The van der Waals surface area contributed by atoms with Gasteiger partial charge < -0.3 is 14.9 Å². The highest BCUT2D eigenvalue weighted by atomic mass is 16.5. The molecule has 0 fully saturated rings. The van der Waals surface area contributed by atoms with Crippen LogP contribution in [0, 0.1) is 0 Å². The maximum atomic E-state index is 11.6. The fourth-order valence-electron chi connectivity index (χ4n) is 1.98. The first-order valence-corrected chi connectivity index (χ1v) is 7.06. The molecule has 4 heteroatoms. The largest absolute Gasteiger partial charge is 0.508 e. The average molecular weight is 298 g/mol. The van der Waals surface area contributed by atoms with E-state index in [1.807, 2.05) is 30.3 Å². The van der Waals surface area contributed by atoms with Gasteiger partial charge in [0.1, 0.15) is 11.5 Å². The Kier molecular flexibility index (Phi) is 5.60. The number of esters is 1. The molecule has 0 saturated carbocycles. The quantitative estimate of drug-likeness (QED) is 0.372. The summed E-state index contributed by atoms with van der Waals surface area (Å²) < 4.78 is 5.09. The van der Waals surface area contributed by atoms with Crippen LogP contribution in [0.5, 0.6) is 11.5 Å². The first-order chi connectivity index (χ1) is 10.6. The van der Waals surface area contributed by atoms with Gasteiger partial charge in [-0.2, -0.15) is 0 Å². The number of benzene rings is 2. The van der Waals surface area contributed by atoms with Crippen LogP contribution >= 0.6 is 0 Å². The number of carbonyl (C=O) groups excluding carboxylic acids is 1. The van der Waals surface area contributed by atoms with Crippen molar-refractivity contribution in [2.24, 2.45) is 0 Å². The molecule has 114 valence electrons. The van der Waals surface area contributed by atoms with E-state index < -0.39 is 5.97 Å². The molecular weight excluding hydrogens is 280 g/mol. The number of hydrogen-bond acceptors (Lipinski definition) is 4. The Hall–Kier alpha value is -2.75. The van der Waals surface area contributed by atoms with E-state index in [1.165, 1.54) is 35.9 Å². The average Bonchev–Trinajstić information content (AvgIpc) is 2.53. The summed E-state index contributed by atoms with van der Waals surface area (Å²) >= 11 is 0. The molecule has 0 aliphatic rings. The van der Waals surface area contributed by atoms with E-state index in [2.05, 4.69) is 0 Å². The Bertz CT molecular complexity index is 647. The highest BCUT2D eigenvalue weighted by Gasteiger charge is 2.01. The third-order valence-electron chi connectivity index (χ3n) is 3.11. The van der Waals surface area contributed by atoms with Gasteiger partial charge in [0.15, 0.2) is 0 Å². The van der Waals surface area contributed by atoms with Gasteiger partial charge in [0, 0.05) is 11.6 Å². The summed E-state index contributed by atoms with van der Waals surface area (Å²) in [5.74, 6) is -0.463. The van der Waals surface area contributed by atoms with E-state index in [0.29, 0.717) is 12.2 Å². The van der Waals surface area contributed by atoms with Gasteiger partial charge in [-0.05, 0) is 42.7 Å². The van der Waals surface area contributed by atoms with Crippen LogP contribution in [0.15, 0.2) is 54.6 Å². The Labute approximate surface area is 129 Å². The molecule has 0 radical (unpaired) electrons. The molecule has 2 aromatic rings. The maximum absolute atomic E-state index is 11.6. The van der Waals surface area contributed by atoms with Crippen molar-refractivity contribution >= 4 is 12.0 Å². The molecule has 0 aromatic heterocycles. The molecule has 2 N–H and O–H groups in total. The van der Waals surface area contributed by atoms with Crippen molar-refractivity contribution in [3.8, 4) is 11.5 Å². The highest BCUT2D eigenvalue weighted by Crippen LogP contribution is 2.23. The topological polar surface area (TPSA) is 66.8 Å². The number of aromatic hydroxyl groups is 2. The van der Waals surface area contributed by atoms with E-state index in [-0.39, 0.29) is 11.5 Å². The molecule has 0 bridgehead atoms. The highest BCUT2D eigenvalue weighted by molar-refractivity contribution is 5.87. The molecule has 2 rings (SSSR count). The second-order valence-corrected chi connectivity index (χ2v) is 4.83. The summed E-state index contributed by atoms with van der Waals surface area (Å²) in [6.07, 6.45) is 4.25. The maximum Gasteiger partial charge on any atom is 0.330 e. The van der Waals surface area contributed by atoms with Crippen LogP contribution in [0.4, 0.5) is 0 Å². The van der Waals surface area contributed by atoms with Crippen LogP contribution in [0.1, 0.15) is 17.5 Å². The van der Waals surface area contributed by atoms with Crippen molar-refractivity contribution in [2.45, 2.75) is 12.8 Å². The lowest BCUT2D eigenvalue weighted by Crippen LogP contribution is -2.03. The summed E-state index contributed by atoms with van der Waals surface area (Å²) in [4.78, 5) is 11.6. The summed E-state index contributed by atoms with van der Waals surface area (Å²) in [7, 11) is 0. The zero-order chi connectivity index (χ0) is 15.8. The smallest absolute Gasteiger partial charge is 0.330 e. The third kappa shape index (κ3) is 4.98. The van der Waals surface area contributed by atoms with Gasteiger partial charge in [0.25, 0.3) is 0 Å². The first-order valence-electron chi connectivity index (χ1n) is 7.06. The zero-order valence-corrected chi connectivity index (χ0v) is 12.1. The fraction of sp³-hybridized carbons (Fsp3) is 0.167. The molecule has 0 amide bonds. The Balaban J connectivity index is 1.76. The van der Waals surface area contributed by atoms with Gasteiger partial charge in [-0.1, -0.05) is 30.3 Å². The van der Waals surface area contributed by atoms with Crippen LogP contribution in [0.3, 0.4) is 0 Å². The fourth-order valence-corrected chi connectivity index (χ4v) is 1.98. The second-order valence-electron chi connectivity index (χ2n) is 4.83. The first kappa shape index (κ1) is 15.6. The molecule has 22 heavy (non-hydrogen) atoms. The van der Waals surface area contributed by atoms with Crippen molar-refractivity contribution in [1.29, 1.82) is 0 Å². The lowest BCUT2D eigenvalue weighted by molar-refractivity contribution is -0.137. The molecule has 0 saturated heterocycles. The Morgan fingerprint density at radius 2 is 1.86 bits per heavy atom. The normalized spacial score (nSPS) is 10.7. The number of phenolic OH excluding ortho intramolecular Hbond substituents is 2. The number of ether oxygens (including phenoxy) is 1. The molecule has 0 unspecified atom stereocenters. The van der Waals surface area contributed by atoms with E-state index >= 15 is 0 Å². The molecule has 4 nitrogen and oxygen atoms in total. The second kappa shape index (κ2) is 7.88. The monoisotopic (exact) mass is 298 g/mol. The molecule has 0 aliphatic carbocycles. The van der Waals surface area contributed by atoms with Gasteiger partial charge in [0.2, 0.25) is 0 Å². The zero-order valence-electron chi connectivity index (χ0n) is 12.1. The van der Waals surface area contributed by atoms with Crippen molar-refractivity contribution in [2.75, 3.05) is 6.61 Å². The van der Waals surface area contributed by atoms with Crippen LogP contribution in [-0.4, -0.2) is 22.8 Å². The van der Waals surface area contributed by atoms with Crippen LogP contribution in [0.25, 0.3) is 6.08 Å². The molecule has 2 aromatic carbocycles. The van der Waals surface area contributed by atoms with Crippen LogP contribution in [0.2, 0.25) is 0 Å². The standard InChI is InChI=1S/C18H18O4/c19-16-9-10-17(20)15(13-16)8-11-18(21)22-12-4-7-14-5-2-1-3-6-14/h1-3,5-6,8-11,13,19-20H,4,7,12H2/b11-8+. The third-order valence-corrected chi connectivity index (χ3v) is 3.11. The molecule has 0 aliphatic heterocycles. The van der Waals surface area contributed by atoms with Crippen molar-refractivity contribution in [1.82, 2.24) is 0 Å². The van der Waals surface area contributed by atoms with E-state index in [1.54, 1.807) is 0 Å². The lowest BCUT2D eigenvalue weighted by atomic mass is 10.1. The number of aryl methyl sites for hydroxylation is 1. The number of phenols is 2. The number of carbonyl (C=O) groups is 1. The van der Waals surface area contributed by atoms with Crippen LogP contribution in [-0.2, 0) is 16.0 Å². The van der Waals surface area contributed by atoms with Crippen molar-refractivity contribution in [3.05, 3.63) is 65.7 Å². The molecular formula is C18H18O4. The SMILES string of the molecule is O=C(/C=C/c1cc(O)ccc1O)OCCCc1ccccc1. The van der Waals surface area contributed by atoms with Gasteiger partial charge >= 0.3 is 5.97 Å². The lowest BCUT2D eigenvalue weighted by Gasteiger charge is -2.03. The van der Waals surface area contributed by atoms with Gasteiger partial charge in [-0.3, -0.25) is 0 Å². The summed E-state index contributed by atoms with van der Waals surface area (Å²) in [6, 6.07) is 14.1. The Morgan fingerprint density at radius 1 is 1.09 bits per heavy atom. The predicted octanol–water partition coefficient (Wildman–Crippen LogP) is 3.29. The molecule has 0 heterocycles. The molecule has 0 atom stereocenters. The minimum Gasteiger partial charge on any atom is -0.508 e.